The molecule has 2 heterocycles. The van der Waals surface area contributed by atoms with E-state index in [0.717, 1.165) is 50.4 Å². The average Bonchev–Trinajstić information content (AvgIpc) is 4.14. The maximum absolute atomic E-state index is 10.2. The van der Waals surface area contributed by atoms with Crippen molar-refractivity contribution in [2.75, 3.05) is 66.1 Å². The summed E-state index contributed by atoms with van der Waals surface area (Å²) in [5, 5.41) is 20.5. The zero-order valence-electron chi connectivity index (χ0n) is 30.4. The van der Waals surface area contributed by atoms with Crippen LogP contribution >= 0.6 is 0 Å². The highest BCUT2D eigenvalue weighted by molar-refractivity contribution is 5.39. The second-order valence-electron chi connectivity index (χ2n) is 13.1. The van der Waals surface area contributed by atoms with Gasteiger partial charge in [0.25, 0.3) is 0 Å². The first-order valence-corrected chi connectivity index (χ1v) is 18.6. The van der Waals surface area contributed by atoms with Crippen molar-refractivity contribution in [1.29, 1.82) is 0 Å². The van der Waals surface area contributed by atoms with Crippen molar-refractivity contribution in [3.8, 4) is 46.0 Å². The van der Waals surface area contributed by atoms with Crippen LogP contribution in [-0.4, -0.2) is 101 Å². The van der Waals surface area contributed by atoms with E-state index in [4.69, 9.17) is 47.4 Å². The molecule has 0 saturated carbocycles. The number of ether oxygens (including phenoxy) is 10. The van der Waals surface area contributed by atoms with Gasteiger partial charge >= 0.3 is 0 Å². The predicted octanol–water partition coefficient (Wildman–Crippen LogP) is 6.60. The molecule has 0 spiro atoms. The summed E-state index contributed by atoms with van der Waals surface area (Å²) in [4.78, 5) is 0. The number of unbranched alkanes of at least 4 members (excludes halogenated alkanes) is 3. The van der Waals surface area contributed by atoms with Gasteiger partial charge in [0.05, 0.1) is 26.4 Å². The van der Waals surface area contributed by atoms with Crippen LogP contribution in [0.5, 0.6) is 46.0 Å². The fourth-order valence-electron chi connectivity index (χ4n) is 5.08. The molecule has 4 aromatic carbocycles. The Labute approximate surface area is 316 Å². The summed E-state index contributed by atoms with van der Waals surface area (Å²) in [6.07, 6.45) is 2.72. The minimum Gasteiger partial charge on any atom is -0.491 e. The fourth-order valence-corrected chi connectivity index (χ4v) is 5.08. The Morgan fingerprint density at radius 1 is 0.426 bits per heavy atom. The molecule has 2 saturated heterocycles. The molecule has 4 aromatic rings. The number of aliphatic hydroxyl groups excluding tert-OH is 2. The Kier molecular flexibility index (Phi) is 15.5. The SMILES string of the molecule is OC(COCCCCCCOCC(O)COc1ccc(Oc2ccc(OCC3CO3)cc2)cc1)COc1ccc(Oc2ccc(OCC3CO3)cc2)cc1. The predicted molar refractivity (Wildman–Crippen MR) is 199 cm³/mol. The Bertz CT molecular complexity index is 1480. The molecule has 12 heteroatoms. The molecule has 0 radical (unpaired) electrons. The molecule has 6 rings (SSSR count). The second-order valence-corrected chi connectivity index (χ2v) is 13.1. The number of hydrogen-bond donors (Lipinski definition) is 2. The van der Waals surface area contributed by atoms with Crippen molar-refractivity contribution in [2.45, 2.75) is 50.1 Å². The van der Waals surface area contributed by atoms with Gasteiger partial charge in [-0.05, 0) is 110 Å². The van der Waals surface area contributed by atoms with Crippen molar-refractivity contribution >= 4 is 0 Å². The molecule has 0 aromatic heterocycles. The largest absolute Gasteiger partial charge is 0.491 e. The van der Waals surface area contributed by atoms with Crippen LogP contribution in [0.4, 0.5) is 0 Å². The van der Waals surface area contributed by atoms with E-state index in [0.29, 0.717) is 60.9 Å². The van der Waals surface area contributed by atoms with Crippen LogP contribution in [0.2, 0.25) is 0 Å². The van der Waals surface area contributed by atoms with E-state index >= 15 is 0 Å². The molecular formula is C42H50O12. The third-order valence-electron chi connectivity index (χ3n) is 8.28. The van der Waals surface area contributed by atoms with Crippen LogP contribution < -0.4 is 28.4 Å². The summed E-state index contributed by atoms with van der Waals surface area (Å²) >= 11 is 0. The van der Waals surface area contributed by atoms with E-state index in [2.05, 4.69) is 0 Å². The van der Waals surface area contributed by atoms with Crippen LogP contribution in [0, 0.1) is 0 Å². The van der Waals surface area contributed by atoms with Crippen LogP contribution in [0.25, 0.3) is 0 Å². The first kappa shape index (κ1) is 39.1. The average molecular weight is 747 g/mol. The topological polar surface area (TPSA) is 139 Å². The van der Waals surface area contributed by atoms with Gasteiger partial charge in [-0.1, -0.05) is 12.8 Å². The van der Waals surface area contributed by atoms with Crippen LogP contribution in [-0.2, 0) is 18.9 Å². The highest BCUT2D eigenvalue weighted by atomic mass is 16.6. The molecule has 2 aliphatic heterocycles. The molecule has 0 aliphatic carbocycles. The molecule has 290 valence electrons. The smallest absolute Gasteiger partial charge is 0.127 e. The first-order valence-electron chi connectivity index (χ1n) is 18.6. The van der Waals surface area contributed by atoms with Crippen molar-refractivity contribution in [2.24, 2.45) is 0 Å². The van der Waals surface area contributed by atoms with Crippen molar-refractivity contribution in [3.05, 3.63) is 97.1 Å². The van der Waals surface area contributed by atoms with Gasteiger partial charge in [0.2, 0.25) is 0 Å². The number of aliphatic hydroxyl groups is 2. The summed E-state index contributed by atoms with van der Waals surface area (Å²) < 4.78 is 56.0. The van der Waals surface area contributed by atoms with Crippen LogP contribution in [0.15, 0.2) is 97.1 Å². The molecule has 2 fully saturated rings. The normalized spacial score (nSPS) is 16.9. The maximum Gasteiger partial charge on any atom is 0.127 e. The molecule has 0 bridgehead atoms. The fraction of sp³-hybridized carbons (Fsp3) is 0.429. The summed E-state index contributed by atoms with van der Waals surface area (Å²) in [6, 6.07) is 29.4. The monoisotopic (exact) mass is 746 g/mol. The molecule has 0 amide bonds. The van der Waals surface area contributed by atoms with Crippen molar-refractivity contribution in [1.82, 2.24) is 0 Å². The number of rotatable bonds is 27. The number of benzene rings is 4. The lowest BCUT2D eigenvalue weighted by Gasteiger charge is -2.14. The van der Waals surface area contributed by atoms with Gasteiger partial charge < -0.3 is 57.6 Å². The minimum absolute atomic E-state index is 0.132. The van der Waals surface area contributed by atoms with Gasteiger partial charge in [-0.25, -0.2) is 0 Å². The lowest BCUT2D eigenvalue weighted by atomic mass is 10.2. The standard InChI is InChI=1S/C42H50O12/c43-31(25-47-33-5-13-37(14-6-33)53-39-17-9-35(10-18-39)49-27-41-29-51-41)23-45-21-3-1-2-4-22-46-24-32(44)26-48-34-7-15-38(16-8-34)54-40-19-11-36(12-20-40)50-28-42-30-52-42/h5-20,31-32,41-44H,1-4,21-30H2. The van der Waals surface area contributed by atoms with E-state index < -0.39 is 12.2 Å². The molecule has 2 N–H and O–H groups in total. The first-order chi connectivity index (χ1) is 26.5. The zero-order chi connectivity index (χ0) is 37.2. The van der Waals surface area contributed by atoms with Crippen molar-refractivity contribution < 1.29 is 57.6 Å². The molecule has 2 aliphatic rings. The quantitative estimate of drug-likeness (QED) is 0.0502. The van der Waals surface area contributed by atoms with Gasteiger partial charge in [-0.3, -0.25) is 0 Å². The molecule has 4 unspecified atom stereocenters. The minimum atomic E-state index is -0.729. The molecular weight excluding hydrogens is 696 g/mol. The highest BCUT2D eigenvalue weighted by Gasteiger charge is 2.23. The third kappa shape index (κ3) is 15.1. The van der Waals surface area contributed by atoms with Gasteiger partial charge in [-0.2, -0.15) is 0 Å². The maximum atomic E-state index is 10.2. The van der Waals surface area contributed by atoms with E-state index in [1.807, 2.05) is 72.8 Å². The van der Waals surface area contributed by atoms with E-state index in [-0.39, 0.29) is 38.6 Å². The van der Waals surface area contributed by atoms with Gasteiger partial charge in [0, 0.05) is 13.2 Å². The van der Waals surface area contributed by atoms with Crippen LogP contribution in [0.3, 0.4) is 0 Å². The number of epoxide rings is 2. The second kappa shape index (κ2) is 21.4. The van der Waals surface area contributed by atoms with Gasteiger partial charge in [-0.15, -0.1) is 0 Å². The zero-order valence-corrected chi connectivity index (χ0v) is 30.4. The molecule has 4 atom stereocenters. The summed E-state index contributed by atoms with van der Waals surface area (Å²) in [6.45, 7) is 4.46. The highest BCUT2D eigenvalue weighted by Crippen LogP contribution is 2.28. The molecule has 12 nitrogen and oxygen atoms in total. The molecule has 54 heavy (non-hydrogen) atoms. The summed E-state index contributed by atoms with van der Waals surface area (Å²) in [5.41, 5.74) is 0. The van der Waals surface area contributed by atoms with Crippen LogP contribution in [0.1, 0.15) is 25.7 Å². The van der Waals surface area contributed by atoms with Crippen molar-refractivity contribution in [3.63, 3.8) is 0 Å². The van der Waals surface area contributed by atoms with E-state index in [1.165, 1.54) is 0 Å². The third-order valence-corrected chi connectivity index (χ3v) is 8.28. The lowest BCUT2D eigenvalue weighted by Crippen LogP contribution is -2.23. The Hall–Kier alpha value is -4.56. The Morgan fingerprint density at radius 2 is 0.722 bits per heavy atom. The Balaban J connectivity index is 0.721. The van der Waals surface area contributed by atoms with Gasteiger partial charge in [0.15, 0.2) is 0 Å². The lowest BCUT2D eigenvalue weighted by molar-refractivity contribution is 0.00823. The van der Waals surface area contributed by atoms with E-state index in [9.17, 15) is 10.2 Å². The summed E-state index contributed by atoms with van der Waals surface area (Å²) in [7, 11) is 0. The van der Waals surface area contributed by atoms with E-state index in [1.54, 1.807) is 24.3 Å². The summed E-state index contributed by atoms with van der Waals surface area (Å²) in [5.74, 6) is 5.58. The Morgan fingerprint density at radius 3 is 1.04 bits per heavy atom. The van der Waals surface area contributed by atoms with Gasteiger partial charge in [0.1, 0.15) is 96.8 Å². The number of hydrogen-bond acceptors (Lipinski definition) is 12.